The summed E-state index contributed by atoms with van der Waals surface area (Å²) in [6, 6.07) is 6.71. The topological polar surface area (TPSA) is 42.2 Å². The van der Waals surface area contributed by atoms with Crippen LogP contribution in [-0.2, 0) is 6.42 Å². The van der Waals surface area contributed by atoms with Gasteiger partial charge < -0.3 is 5.32 Å². The largest absolute Gasteiger partial charge is 0.314 e. The first-order chi connectivity index (χ1) is 8.83. The standard InChI is InChI=1S/C14H20N4/c1-11-5-6-12(10-11)15-8-7-14-17-16-13-4-2-3-9-18(13)14/h2-4,9,11-12,15H,5-8,10H2,1H3. The third-order valence-electron chi connectivity index (χ3n) is 3.86. The van der Waals surface area contributed by atoms with Gasteiger partial charge in [-0.1, -0.05) is 13.0 Å². The minimum Gasteiger partial charge on any atom is -0.314 e. The van der Waals surface area contributed by atoms with Gasteiger partial charge in [-0.15, -0.1) is 10.2 Å². The molecule has 2 aromatic heterocycles. The van der Waals surface area contributed by atoms with E-state index in [0.717, 1.165) is 30.4 Å². The summed E-state index contributed by atoms with van der Waals surface area (Å²) in [5.74, 6) is 1.93. The second-order valence-electron chi connectivity index (χ2n) is 5.36. The van der Waals surface area contributed by atoms with Crippen LogP contribution in [0, 0.1) is 5.92 Å². The van der Waals surface area contributed by atoms with E-state index >= 15 is 0 Å². The molecule has 0 bridgehead atoms. The van der Waals surface area contributed by atoms with Crippen molar-refractivity contribution in [2.24, 2.45) is 5.92 Å². The van der Waals surface area contributed by atoms with Crippen LogP contribution in [-0.4, -0.2) is 27.2 Å². The Morgan fingerprint density at radius 3 is 3.11 bits per heavy atom. The highest BCUT2D eigenvalue weighted by Gasteiger charge is 2.20. The molecule has 1 saturated carbocycles. The zero-order chi connectivity index (χ0) is 12.4. The summed E-state index contributed by atoms with van der Waals surface area (Å²) in [4.78, 5) is 0. The highest BCUT2D eigenvalue weighted by molar-refractivity contribution is 5.36. The third-order valence-corrected chi connectivity index (χ3v) is 3.86. The molecule has 1 aliphatic carbocycles. The Morgan fingerprint density at radius 1 is 1.33 bits per heavy atom. The predicted octanol–water partition coefficient (Wildman–Crippen LogP) is 2.05. The van der Waals surface area contributed by atoms with E-state index < -0.39 is 0 Å². The molecule has 0 amide bonds. The average molecular weight is 244 g/mol. The van der Waals surface area contributed by atoms with Crippen LogP contribution in [0.3, 0.4) is 0 Å². The SMILES string of the molecule is CC1CCC(NCCc2nnc3ccccn23)C1. The summed E-state index contributed by atoms with van der Waals surface area (Å²) in [6.45, 7) is 3.33. The Hall–Kier alpha value is -1.42. The minimum atomic E-state index is 0.708. The molecule has 2 aromatic rings. The van der Waals surface area contributed by atoms with E-state index in [-0.39, 0.29) is 0 Å². The van der Waals surface area contributed by atoms with Gasteiger partial charge in [-0.05, 0) is 37.3 Å². The van der Waals surface area contributed by atoms with Crippen LogP contribution in [0.5, 0.6) is 0 Å². The van der Waals surface area contributed by atoms with Crippen molar-refractivity contribution in [1.82, 2.24) is 19.9 Å². The molecule has 0 aromatic carbocycles. The number of fused-ring (bicyclic) bond motifs is 1. The fourth-order valence-corrected chi connectivity index (χ4v) is 2.84. The number of nitrogens with one attached hydrogen (secondary N) is 1. The predicted molar refractivity (Wildman–Crippen MR) is 71.5 cm³/mol. The normalized spacial score (nSPS) is 23.8. The van der Waals surface area contributed by atoms with Crippen LogP contribution >= 0.6 is 0 Å². The summed E-state index contributed by atoms with van der Waals surface area (Å²) in [5, 5.41) is 12.0. The highest BCUT2D eigenvalue weighted by atomic mass is 15.2. The van der Waals surface area contributed by atoms with Crippen LogP contribution in [0.1, 0.15) is 32.0 Å². The summed E-state index contributed by atoms with van der Waals surface area (Å²) < 4.78 is 2.07. The van der Waals surface area contributed by atoms with Crippen molar-refractivity contribution in [3.8, 4) is 0 Å². The van der Waals surface area contributed by atoms with Crippen LogP contribution in [0.4, 0.5) is 0 Å². The van der Waals surface area contributed by atoms with E-state index in [9.17, 15) is 0 Å². The van der Waals surface area contributed by atoms with Crippen molar-refractivity contribution >= 4 is 5.65 Å². The number of aromatic nitrogens is 3. The molecule has 1 N–H and O–H groups in total. The molecule has 1 aliphatic rings. The summed E-state index contributed by atoms with van der Waals surface area (Å²) in [7, 11) is 0. The molecule has 96 valence electrons. The first-order valence-electron chi connectivity index (χ1n) is 6.85. The summed E-state index contributed by atoms with van der Waals surface area (Å²) >= 11 is 0. The fraction of sp³-hybridized carbons (Fsp3) is 0.571. The highest BCUT2D eigenvalue weighted by Crippen LogP contribution is 2.24. The second kappa shape index (κ2) is 5.06. The van der Waals surface area contributed by atoms with Gasteiger partial charge in [-0.25, -0.2) is 0 Å². The Morgan fingerprint density at radius 2 is 2.28 bits per heavy atom. The number of hydrogen-bond acceptors (Lipinski definition) is 3. The molecular formula is C14H20N4. The zero-order valence-electron chi connectivity index (χ0n) is 10.8. The van der Waals surface area contributed by atoms with Gasteiger partial charge in [-0.3, -0.25) is 4.40 Å². The van der Waals surface area contributed by atoms with E-state index in [2.05, 4.69) is 26.8 Å². The van der Waals surface area contributed by atoms with Gasteiger partial charge in [0.15, 0.2) is 5.65 Å². The molecule has 4 nitrogen and oxygen atoms in total. The van der Waals surface area contributed by atoms with E-state index in [1.807, 2.05) is 24.4 Å². The molecular weight excluding hydrogens is 224 g/mol. The molecule has 18 heavy (non-hydrogen) atoms. The van der Waals surface area contributed by atoms with Gasteiger partial charge in [0.05, 0.1) is 0 Å². The lowest BCUT2D eigenvalue weighted by Crippen LogP contribution is -2.28. The van der Waals surface area contributed by atoms with Gasteiger partial charge in [0.1, 0.15) is 5.82 Å². The lowest BCUT2D eigenvalue weighted by Gasteiger charge is -2.11. The fourth-order valence-electron chi connectivity index (χ4n) is 2.84. The Labute approximate surface area is 107 Å². The number of pyridine rings is 1. The van der Waals surface area contributed by atoms with Crippen molar-refractivity contribution in [2.75, 3.05) is 6.54 Å². The van der Waals surface area contributed by atoms with Crippen LogP contribution in [0.2, 0.25) is 0 Å². The Bertz CT molecular complexity index is 519. The molecule has 0 saturated heterocycles. The van der Waals surface area contributed by atoms with Gasteiger partial charge >= 0.3 is 0 Å². The molecule has 3 rings (SSSR count). The number of rotatable bonds is 4. The zero-order valence-corrected chi connectivity index (χ0v) is 10.8. The Balaban J connectivity index is 1.57. The van der Waals surface area contributed by atoms with Crippen LogP contribution in [0.25, 0.3) is 5.65 Å². The van der Waals surface area contributed by atoms with Crippen molar-refractivity contribution in [3.05, 3.63) is 30.2 Å². The quantitative estimate of drug-likeness (QED) is 0.895. The van der Waals surface area contributed by atoms with Crippen LogP contribution in [0.15, 0.2) is 24.4 Å². The molecule has 0 aliphatic heterocycles. The van der Waals surface area contributed by atoms with E-state index in [1.54, 1.807) is 0 Å². The molecule has 0 radical (unpaired) electrons. The van der Waals surface area contributed by atoms with Gasteiger partial charge in [0.2, 0.25) is 0 Å². The molecule has 4 heteroatoms. The van der Waals surface area contributed by atoms with E-state index in [1.165, 1.54) is 19.3 Å². The van der Waals surface area contributed by atoms with Crippen molar-refractivity contribution in [3.63, 3.8) is 0 Å². The summed E-state index contributed by atoms with van der Waals surface area (Å²) in [5.41, 5.74) is 0.932. The maximum atomic E-state index is 4.25. The van der Waals surface area contributed by atoms with Gasteiger partial charge in [0.25, 0.3) is 0 Å². The third kappa shape index (κ3) is 2.38. The summed E-state index contributed by atoms with van der Waals surface area (Å²) in [6.07, 6.45) is 6.98. The first-order valence-corrected chi connectivity index (χ1v) is 6.85. The van der Waals surface area contributed by atoms with Gasteiger partial charge in [0, 0.05) is 25.2 Å². The number of hydrogen-bond donors (Lipinski definition) is 1. The molecule has 0 spiro atoms. The smallest absolute Gasteiger partial charge is 0.160 e. The maximum absolute atomic E-state index is 4.25. The van der Waals surface area contributed by atoms with Crippen molar-refractivity contribution < 1.29 is 0 Å². The minimum absolute atomic E-state index is 0.708. The number of nitrogens with zero attached hydrogens (tertiary/aromatic N) is 3. The lowest BCUT2D eigenvalue weighted by molar-refractivity contribution is 0.502. The molecule has 1 fully saturated rings. The van der Waals surface area contributed by atoms with E-state index in [4.69, 9.17) is 0 Å². The lowest BCUT2D eigenvalue weighted by atomic mass is 10.1. The monoisotopic (exact) mass is 244 g/mol. The first kappa shape index (κ1) is 11.7. The second-order valence-corrected chi connectivity index (χ2v) is 5.36. The molecule has 2 unspecified atom stereocenters. The molecule has 2 heterocycles. The average Bonchev–Trinajstić information content (AvgIpc) is 2.97. The maximum Gasteiger partial charge on any atom is 0.160 e. The van der Waals surface area contributed by atoms with Crippen LogP contribution < -0.4 is 5.32 Å². The Kier molecular flexibility index (Phi) is 3.28. The van der Waals surface area contributed by atoms with E-state index in [0.29, 0.717) is 6.04 Å². The molecule has 2 atom stereocenters. The van der Waals surface area contributed by atoms with Gasteiger partial charge in [-0.2, -0.15) is 0 Å². The van der Waals surface area contributed by atoms with Crippen molar-refractivity contribution in [1.29, 1.82) is 0 Å². The van der Waals surface area contributed by atoms with Crippen molar-refractivity contribution in [2.45, 2.75) is 38.6 Å².